The molecule has 6 rings (SSSR count). The Hall–Kier alpha value is -4.65. The van der Waals surface area contributed by atoms with Gasteiger partial charge in [0.25, 0.3) is 5.91 Å². The molecule has 232 valence electrons. The van der Waals surface area contributed by atoms with Crippen LogP contribution in [0.5, 0.6) is 5.75 Å². The van der Waals surface area contributed by atoms with E-state index in [1.807, 2.05) is 68.4 Å². The first-order valence-electron chi connectivity index (χ1n) is 15.7. The van der Waals surface area contributed by atoms with E-state index in [9.17, 15) is 9.59 Å². The van der Waals surface area contributed by atoms with Gasteiger partial charge in [0.05, 0.1) is 24.6 Å². The molecule has 0 spiro atoms. The lowest BCUT2D eigenvalue weighted by atomic mass is 9.80. The molecule has 1 fully saturated rings. The van der Waals surface area contributed by atoms with Crippen molar-refractivity contribution in [2.75, 3.05) is 22.6 Å². The maximum absolute atomic E-state index is 15.4. The van der Waals surface area contributed by atoms with Gasteiger partial charge in [0.15, 0.2) is 0 Å². The van der Waals surface area contributed by atoms with Gasteiger partial charge in [-0.1, -0.05) is 43.2 Å². The van der Waals surface area contributed by atoms with E-state index in [0.717, 1.165) is 40.8 Å². The fourth-order valence-electron chi connectivity index (χ4n) is 6.78. The molecule has 1 aliphatic heterocycles. The number of nitrogens with zero attached hydrogens (tertiary/aromatic N) is 1. The van der Waals surface area contributed by atoms with Gasteiger partial charge in [0.2, 0.25) is 5.91 Å². The van der Waals surface area contributed by atoms with E-state index in [4.69, 9.17) is 4.74 Å². The number of amides is 2. The molecular weight excluding hydrogens is 565 g/mol. The van der Waals surface area contributed by atoms with Crippen LogP contribution in [0.15, 0.2) is 78.9 Å². The minimum atomic E-state index is -0.690. The SMILES string of the molecule is COc1ccc2c(c1)C[C@H](C(=O)Nc1ccc(C)c(C)c1)[C@H](c1ccc(NC3CCCC3)cc1)N2C(=O)c1c(C)cccc1F. The van der Waals surface area contributed by atoms with Gasteiger partial charge in [-0.15, -0.1) is 0 Å². The number of hydrogen-bond donors (Lipinski definition) is 2. The van der Waals surface area contributed by atoms with Crippen LogP contribution in [0.25, 0.3) is 0 Å². The Labute approximate surface area is 264 Å². The molecule has 1 heterocycles. The lowest BCUT2D eigenvalue weighted by molar-refractivity contribution is -0.120. The van der Waals surface area contributed by atoms with Gasteiger partial charge in [-0.3, -0.25) is 14.5 Å². The number of rotatable bonds is 7. The minimum Gasteiger partial charge on any atom is -0.497 e. The molecular formula is C38H40FN3O3. The molecule has 0 aromatic heterocycles. The van der Waals surface area contributed by atoms with Gasteiger partial charge in [-0.2, -0.15) is 0 Å². The molecule has 0 bridgehead atoms. The summed E-state index contributed by atoms with van der Waals surface area (Å²) in [6.45, 7) is 5.77. The predicted octanol–water partition coefficient (Wildman–Crippen LogP) is 8.31. The Bertz CT molecular complexity index is 1710. The summed E-state index contributed by atoms with van der Waals surface area (Å²) >= 11 is 0. The molecule has 2 atom stereocenters. The second kappa shape index (κ2) is 12.8. The highest BCUT2D eigenvalue weighted by molar-refractivity contribution is 6.09. The number of methoxy groups -OCH3 is 1. The van der Waals surface area contributed by atoms with Crippen LogP contribution in [-0.2, 0) is 11.2 Å². The maximum Gasteiger partial charge on any atom is 0.262 e. The standard InChI is InChI=1S/C38H40FN3O3/c1-23-12-15-30(20-25(23)3)41-37(43)32-22-27-21-31(45-4)18-19-34(27)42(38(44)35-24(2)8-7-11-33(35)39)36(32)26-13-16-29(17-14-26)40-28-9-5-6-10-28/h7-8,11-21,28,32,36,40H,5-6,9-10,22H2,1-4H3,(H,41,43)/t32-,36-/m0/s1. The van der Waals surface area contributed by atoms with Gasteiger partial charge in [0, 0.05) is 23.1 Å². The fraction of sp³-hybridized carbons (Fsp3) is 0.316. The summed E-state index contributed by atoms with van der Waals surface area (Å²) in [7, 11) is 1.59. The number of fused-ring (bicyclic) bond motifs is 1. The van der Waals surface area contributed by atoms with Crippen LogP contribution in [0.1, 0.15) is 69.9 Å². The van der Waals surface area contributed by atoms with Crippen molar-refractivity contribution in [1.29, 1.82) is 0 Å². The summed E-state index contributed by atoms with van der Waals surface area (Å²) < 4.78 is 20.9. The molecule has 7 heteroatoms. The average molecular weight is 606 g/mol. The van der Waals surface area contributed by atoms with Crippen molar-refractivity contribution in [1.82, 2.24) is 0 Å². The molecule has 2 aliphatic rings. The lowest BCUT2D eigenvalue weighted by Gasteiger charge is -2.42. The van der Waals surface area contributed by atoms with Crippen LogP contribution in [0.4, 0.5) is 21.5 Å². The number of benzene rings is 4. The van der Waals surface area contributed by atoms with Crippen LogP contribution in [0.3, 0.4) is 0 Å². The number of hydrogen-bond acceptors (Lipinski definition) is 4. The zero-order valence-electron chi connectivity index (χ0n) is 26.3. The van der Waals surface area contributed by atoms with Crippen molar-refractivity contribution in [2.24, 2.45) is 5.92 Å². The highest BCUT2D eigenvalue weighted by Gasteiger charge is 2.43. The zero-order valence-corrected chi connectivity index (χ0v) is 26.3. The van der Waals surface area contributed by atoms with Crippen LogP contribution < -0.4 is 20.3 Å². The number of halogens is 1. The normalized spacial score (nSPS) is 17.9. The summed E-state index contributed by atoms with van der Waals surface area (Å²) in [6, 6.07) is 23.8. The third-order valence-electron chi connectivity index (χ3n) is 9.39. The lowest BCUT2D eigenvalue weighted by Crippen LogP contribution is -2.47. The number of ether oxygens (including phenoxy) is 1. The van der Waals surface area contributed by atoms with E-state index in [1.54, 1.807) is 37.1 Å². The molecule has 4 aromatic rings. The van der Waals surface area contributed by atoms with E-state index >= 15 is 4.39 Å². The third kappa shape index (κ3) is 6.17. The Kier molecular flexibility index (Phi) is 8.61. The molecule has 45 heavy (non-hydrogen) atoms. The maximum atomic E-state index is 15.4. The Morgan fingerprint density at radius 3 is 2.27 bits per heavy atom. The first-order chi connectivity index (χ1) is 21.7. The fourth-order valence-corrected chi connectivity index (χ4v) is 6.78. The second-order valence-electron chi connectivity index (χ2n) is 12.4. The molecule has 0 unspecified atom stereocenters. The number of carbonyl (C=O) groups is 2. The molecule has 0 radical (unpaired) electrons. The van der Waals surface area contributed by atoms with Crippen LogP contribution in [0.2, 0.25) is 0 Å². The van der Waals surface area contributed by atoms with Crippen molar-refractivity contribution in [3.8, 4) is 5.75 Å². The number of aryl methyl sites for hydroxylation is 3. The molecule has 2 N–H and O–H groups in total. The van der Waals surface area contributed by atoms with Gasteiger partial charge < -0.3 is 15.4 Å². The summed E-state index contributed by atoms with van der Waals surface area (Å²) in [5.41, 5.74) is 6.65. The van der Waals surface area contributed by atoms with Crippen molar-refractivity contribution in [3.05, 3.63) is 118 Å². The first kappa shape index (κ1) is 30.4. The topological polar surface area (TPSA) is 70.7 Å². The molecule has 2 amide bonds. The summed E-state index contributed by atoms with van der Waals surface area (Å²) in [6.07, 6.45) is 5.12. The van der Waals surface area contributed by atoms with Gasteiger partial charge in [-0.25, -0.2) is 4.39 Å². The predicted molar refractivity (Wildman–Crippen MR) is 178 cm³/mol. The van der Waals surface area contributed by atoms with Crippen LogP contribution >= 0.6 is 0 Å². The highest BCUT2D eigenvalue weighted by atomic mass is 19.1. The quantitative estimate of drug-likeness (QED) is 0.222. The summed E-state index contributed by atoms with van der Waals surface area (Å²) in [4.78, 5) is 30.5. The number of nitrogens with one attached hydrogen (secondary N) is 2. The Balaban J connectivity index is 1.47. The highest BCUT2D eigenvalue weighted by Crippen LogP contribution is 2.45. The molecule has 6 nitrogen and oxygen atoms in total. The van der Waals surface area contributed by atoms with Gasteiger partial charge in [-0.05, 0) is 116 Å². The van der Waals surface area contributed by atoms with Crippen molar-refractivity contribution in [3.63, 3.8) is 0 Å². The number of anilines is 3. The van der Waals surface area contributed by atoms with Crippen LogP contribution in [0, 0.1) is 32.5 Å². The third-order valence-corrected chi connectivity index (χ3v) is 9.39. The largest absolute Gasteiger partial charge is 0.497 e. The van der Waals surface area contributed by atoms with Crippen molar-refractivity contribution >= 4 is 28.9 Å². The molecule has 1 saturated carbocycles. The van der Waals surface area contributed by atoms with E-state index in [0.29, 0.717) is 35.2 Å². The zero-order chi connectivity index (χ0) is 31.7. The molecule has 1 aliphatic carbocycles. The molecule has 0 saturated heterocycles. The van der Waals surface area contributed by atoms with E-state index in [-0.39, 0.29) is 11.5 Å². The van der Waals surface area contributed by atoms with Gasteiger partial charge in [0.1, 0.15) is 11.6 Å². The minimum absolute atomic E-state index is 0.000921. The van der Waals surface area contributed by atoms with Crippen LogP contribution in [-0.4, -0.2) is 25.0 Å². The smallest absolute Gasteiger partial charge is 0.262 e. The van der Waals surface area contributed by atoms with E-state index in [1.165, 1.54) is 18.9 Å². The Morgan fingerprint density at radius 1 is 0.844 bits per heavy atom. The first-order valence-corrected chi connectivity index (χ1v) is 15.7. The van der Waals surface area contributed by atoms with Crippen molar-refractivity contribution in [2.45, 2.75) is 65.0 Å². The monoisotopic (exact) mass is 605 g/mol. The van der Waals surface area contributed by atoms with E-state index < -0.39 is 23.7 Å². The second-order valence-corrected chi connectivity index (χ2v) is 12.4. The average Bonchev–Trinajstić information content (AvgIpc) is 3.55. The Morgan fingerprint density at radius 2 is 1.58 bits per heavy atom. The summed E-state index contributed by atoms with van der Waals surface area (Å²) in [5.74, 6) is -1.34. The summed E-state index contributed by atoms with van der Waals surface area (Å²) in [5, 5.41) is 6.75. The molecule has 4 aromatic carbocycles. The van der Waals surface area contributed by atoms with E-state index in [2.05, 4.69) is 10.6 Å². The van der Waals surface area contributed by atoms with Crippen molar-refractivity contribution < 1.29 is 18.7 Å². The number of carbonyl (C=O) groups excluding carboxylic acids is 2. The van der Waals surface area contributed by atoms with Gasteiger partial charge >= 0.3 is 0 Å².